The Labute approximate surface area is 131 Å². The summed E-state index contributed by atoms with van der Waals surface area (Å²) in [7, 11) is -0.506. The Bertz CT molecular complexity index is 440. The molecule has 0 bridgehead atoms. The minimum absolute atomic E-state index is 0.0950. The molecule has 7 heteroatoms. The second kappa shape index (κ2) is 5.70. The summed E-state index contributed by atoms with van der Waals surface area (Å²) in [4.78, 5) is 0. The molecule has 0 N–H and O–H groups in total. The van der Waals surface area contributed by atoms with Crippen LogP contribution < -0.4 is 9.55 Å². The second-order valence-electron chi connectivity index (χ2n) is 7.48. The fourth-order valence-electron chi connectivity index (χ4n) is 2.33. The van der Waals surface area contributed by atoms with Crippen LogP contribution in [0.15, 0.2) is 12.1 Å². The molecule has 4 nitrogen and oxygen atoms in total. The van der Waals surface area contributed by atoms with Crippen LogP contribution in [0.25, 0.3) is 0 Å². The highest BCUT2D eigenvalue weighted by molar-refractivity contribution is 7.30. The first-order chi connectivity index (χ1) is 9.85. The van der Waals surface area contributed by atoms with Gasteiger partial charge in [0.05, 0.1) is 0 Å². The van der Waals surface area contributed by atoms with Gasteiger partial charge in [0.25, 0.3) is 0 Å². The summed E-state index contributed by atoms with van der Waals surface area (Å²) in [6, 6.07) is 4.10. The highest BCUT2D eigenvalue weighted by atomic mass is 32.1. The van der Waals surface area contributed by atoms with Gasteiger partial charge in [0, 0.05) is 46.8 Å². The topological polar surface area (TPSA) is 36.9 Å². The molecule has 114 valence electrons. The molecule has 2 aliphatic heterocycles. The van der Waals surface area contributed by atoms with Crippen LogP contribution in [-0.4, -0.2) is 40.7 Å². The van der Waals surface area contributed by atoms with Crippen molar-refractivity contribution in [2.45, 2.75) is 27.7 Å². The SMILES string of the molecule is CC1(C)COB(c2ccc(B3OCC(C)(C)CO3)s2)OC1. The van der Waals surface area contributed by atoms with E-state index in [2.05, 4.69) is 39.8 Å². The largest absolute Gasteiger partial charge is 0.504 e. The van der Waals surface area contributed by atoms with Crippen molar-refractivity contribution in [3.63, 3.8) is 0 Å². The maximum atomic E-state index is 5.82. The zero-order chi connectivity index (χ0) is 15.1. The van der Waals surface area contributed by atoms with Crippen molar-refractivity contribution in [2.75, 3.05) is 26.4 Å². The average molecular weight is 308 g/mol. The van der Waals surface area contributed by atoms with Crippen LogP contribution in [0.2, 0.25) is 0 Å². The highest BCUT2D eigenvalue weighted by Crippen LogP contribution is 2.23. The third kappa shape index (κ3) is 3.71. The molecule has 0 saturated carbocycles. The lowest BCUT2D eigenvalue weighted by Gasteiger charge is -2.33. The fraction of sp³-hybridized carbons (Fsp3) is 0.714. The van der Waals surface area contributed by atoms with Gasteiger partial charge < -0.3 is 18.6 Å². The van der Waals surface area contributed by atoms with Crippen molar-refractivity contribution in [1.29, 1.82) is 0 Å². The molecule has 3 rings (SSSR count). The third-order valence-corrected chi connectivity index (χ3v) is 4.74. The molecule has 0 aromatic carbocycles. The van der Waals surface area contributed by atoms with Crippen LogP contribution in [0.3, 0.4) is 0 Å². The molecule has 3 heterocycles. The van der Waals surface area contributed by atoms with E-state index < -0.39 is 0 Å². The van der Waals surface area contributed by atoms with Gasteiger partial charge >= 0.3 is 14.2 Å². The molecular formula is C14H22B2O4S. The molecule has 0 amide bonds. The molecule has 2 fully saturated rings. The van der Waals surface area contributed by atoms with E-state index in [1.807, 2.05) is 0 Å². The zero-order valence-corrected chi connectivity index (χ0v) is 14.0. The van der Waals surface area contributed by atoms with E-state index in [9.17, 15) is 0 Å². The van der Waals surface area contributed by atoms with Gasteiger partial charge in [-0.3, -0.25) is 0 Å². The van der Waals surface area contributed by atoms with E-state index in [0.717, 1.165) is 36.0 Å². The monoisotopic (exact) mass is 308 g/mol. The van der Waals surface area contributed by atoms with E-state index in [0.29, 0.717) is 0 Å². The molecule has 0 aliphatic carbocycles. The third-order valence-electron chi connectivity index (χ3n) is 3.61. The molecular weight excluding hydrogens is 286 g/mol. The number of thiophene rings is 1. The number of rotatable bonds is 2. The Balaban J connectivity index is 1.62. The molecule has 1 aromatic rings. The Morgan fingerprint density at radius 3 is 1.43 bits per heavy atom. The Hall–Kier alpha value is -0.330. The first kappa shape index (κ1) is 15.6. The predicted octanol–water partition coefficient (Wildman–Crippen LogP) is 1.28. The summed E-state index contributed by atoms with van der Waals surface area (Å²) in [6.45, 7) is 11.5. The average Bonchev–Trinajstić information content (AvgIpc) is 2.88. The predicted molar refractivity (Wildman–Crippen MR) is 86.5 cm³/mol. The molecule has 21 heavy (non-hydrogen) atoms. The molecule has 1 aromatic heterocycles. The van der Waals surface area contributed by atoms with Gasteiger partial charge in [-0.2, -0.15) is 11.3 Å². The Morgan fingerprint density at radius 2 is 1.10 bits per heavy atom. The first-order valence-electron chi connectivity index (χ1n) is 7.41. The Morgan fingerprint density at radius 1 is 0.762 bits per heavy atom. The molecule has 2 aliphatic rings. The lowest BCUT2D eigenvalue weighted by Crippen LogP contribution is -2.47. The maximum absolute atomic E-state index is 5.82. The van der Waals surface area contributed by atoms with E-state index in [-0.39, 0.29) is 25.1 Å². The van der Waals surface area contributed by atoms with Gasteiger partial charge in [0.15, 0.2) is 0 Å². The number of hydrogen-bond acceptors (Lipinski definition) is 5. The number of hydrogen-bond donors (Lipinski definition) is 0. The first-order valence-corrected chi connectivity index (χ1v) is 8.22. The molecule has 0 spiro atoms. The Kier molecular flexibility index (Phi) is 4.23. The summed E-state index contributed by atoms with van der Waals surface area (Å²) >= 11 is 1.65. The summed E-state index contributed by atoms with van der Waals surface area (Å²) in [5.41, 5.74) is 0.190. The van der Waals surface area contributed by atoms with Gasteiger partial charge in [-0.1, -0.05) is 39.8 Å². The van der Waals surface area contributed by atoms with Crippen LogP contribution in [-0.2, 0) is 18.6 Å². The van der Waals surface area contributed by atoms with E-state index in [4.69, 9.17) is 18.6 Å². The van der Waals surface area contributed by atoms with Gasteiger partial charge in [0.1, 0.15) is 0 Å². The van der Waals surface area contributed by atoms with Crippen molar-refractivity contribution in [2.24, 2.45) is 10.8 Å². The van der Waals surface area contributed by atoms with Crippen LogP contribution in [0.4, 0.5) is 0 Å². The maximum Gasteiger partial charge on any atom is 0.504 e. The van der Waals surface area contributed by atoms with Crippen LogP contribution in [0.1, 0.15) is 27.7 Å². The standard InChI is InChI=1S/C14H22B2O4S/c1-13(2)7-17-15(18-8-13)11-5-6-12(21-11)16-19-9-14(3,4)10-20-16/h5-6H,7-10H2,1-4H3. The van der Waals surface area contributed by atoms with Gasteiger partial charge in [-0.25, -0.2) is 0 Å². The lowest BCUT2D eigenvalue weighted by atomic mass is 9.81. The van der Waals surface area contributed by atoms with Crippen molar-refractivity contribution in [1.82, 2.24) is 0 Å². The van der Waals surface area contributed by atoms with E-state index in [1.165, 1.54) is 0 Å². The second-order valence-corrected chi connectivity index (χ2v) is 8.62. The fourth-order valence-corrected chi connectivity index (χ4v) is 3.34. The van der Waals surface area contributed by atoms with Crippen LogP contribution in [0, 0.1) is 10.8 Å². The summed E-state index contributed by atoms with van der Waals surface area (Å²) in [5, 5.41) is 0. The quantitative estimate of drug-likeness (QED) is 0.772. The van der Waals surface area contributed by atoms with Crippen molar-refractivity contribution in [3.05, 3.63) is 12.1 Å². The molecule has 0 unspecified atom stereocenters. The normalized spacial score (nSPS) is 25.1. The smallest absolute Gasteiger partial charge is 0.406 e. The minimum atomic E-state index is -0.253. The van der Waals surface area contributed by atoms with Crippen molar-refractivity contribution in [3.8, 4) is 0 Å². The van der Waals surface area contributed by atoms with E-state index >= 15 is 0 Å². The van der Waals surface area contributed by atoms with Gasteiger partial charge in [-0.05, 0) is 0 Å². The minimum Gasteiger partial charge on any atom is -0.406 e. The summed E-state index contributed by atoms with van der Waals surface area (Å²) in [5.74, 6) is 0. The van der Waals surface area contributed by atoms with Gasteiger partial charge in [0.2, 0.25) is 0 Å². The molecule has 0 atom stereocenters. The van der Waals surface area contributed by atoms with Gasteiger partial charge in [-0.15, -0.1) is 0 Å². The molecule has 0 radical (unpaired) electrons. The zero-order valence-electron chi connectivity index (χ0n) is 13.2. The van der Waals surface area contributed by atoms with Crippen molar-refractivity contribution < 1.29 is 18.6 Å². The lowest BCUT2D eigenvalue weighted by molar-refractivity contribution is 0.0345. The summed E-state index contributed by atoms with van der Waals surface area (Å²) < 4.78 is 25.4. The summed E-state index contributed by atoms with van der Waals surface area (Å²) in [6.07, 6.45) is 0. The van der Waals surface area contributed by atoms with Crippen LogP contribution in [0.5, 0.6) is 0 Å². The van der Waals surface area contributed by atoms with Crippen molar-refractivity contribution >= 4 is 35.1 Å². The molecule has 2 saturated heterocycles. The van der Waals surface area contributed by atoms with E-state index in [1.54, 1.807) is 11.3 Å². The highest BCUT2D eigenvalue weighted by Gasteiger charge is 2.37. The van der Waals surface area contributed by atoms with Crippen LogP contribution >= 0.6 is 11.3 Å².